The highest BCUT2D eigenvalue weighted by Gasteiger charge is 2.29. The Labute approximate surface area is 121 Å². The van der Waals surface area contributed by atoms with Crippen LogP contribution in [0.5, 0.6) is 5.75 Å². The summed E-state index contributed by atoms with van der Waals surface area (Å²) in [7, 11) is 0. The van der Waals surface area contributed by atoms with Crippen molar-refractivity contribution in [3.63, 3.8) is 0 Å². The van der Waals surface area contributed by atoms with E-state index >= 15 is 0 Å². The molecule has 2 nitrogen and oxygen atoms in total. The molecular weight excluding hydrogens is 279 g/mol. The number of halogens is 2. The topological polar surface area (TPSA) is 29.5 Å². The maximum atomic E-state index is 13.9. The Hall–Kier alpha value is -1.58. The van der Waals surface area contributed by atoms with Crippen molar-refractivity contribution < 1.29 is 14.2 Å². The fourth-order valence-corrected chi connectivity index (χ4v) is 2.70. The lowest BCUT2D eigenvalue weighted by molar-refractivity contribution is 0.0639. The second-order valence-corrected chi connectivity index (χ2v) is 5.50. The Bertz CT molecular complexity index is 657. The maximum Gasteiger partial charge on any atom is 0.130 e. The third kappa shape index (κ3) is 2.39. The van der Waals surface area contributed by atoms with Crippen molar-refractivity contribution in [2.24, 2.45) is 0 Å². The number of hydrogen-bond donors (Lipinski definition) is 1. The van der Waals surface area contributed by atoms with E-state index in [-0.39, 0.29) is 5.82 Å². The molecule has 0 amide bonds. The van der Waals surface area contributed by atoms with Gasteiger partial charge in [0.2, 0.25) is 0 Å². The van der Waals surface area contributed by atoms with Gasteiger partial charge in [0, 0.05) is 22.6 Å². The first-order valence-electron chi connectivity index (χ1n) is 6.45. The molecule has 1 aliphatic heterocycles. The number of aryl methyl sites for hydroxylation is 1. The van der Waals surface area contributed by atoms with Gasteiger partial charge in [-0.25, -0.2) is 4.39 Å². The summed E-state index contributed by atoms with van der Waals surface area (Å²) < 4.78 is 19.7. The van der Waals surface area contributed by atoms with Crippen LogP contribution in [0.25, 0.3) is 0 Å². The summed E-state index contributed by atoms with van der Waals surface area (Å²) in [6.45, 7) is 1.95. The van der Waals surface area contributed by atoms with Crippen molar-refractivity contribution in [2.75, 3.05) is 0 Å². The van der Waals surface area contributed by atoms with E-state index in [1.807, 2.05) is 25.1 Å². The predicted octanol–water partition coefficient (Wildman–Crippen LogP) is 4.34. The second-order valence-electron chi connectivity index (χ2n) is 5.07. The molecule has 1 heterocycles. The van der Waals surface area contributed by atoms with Gasteiger partial charge in [-0.15, -0.1) is 0 Å². The highest BCUT2D eigenvalue weighted by Crippen LogP contribution is 2.42. The number of aliphatic hydroxyl groups is 1. The van der Waals surface area contributed by atoms with Crippen LogP contribution in [-0.2, 0) is 0 Å². The smallest absolute Gasteiger partial charge is 0.130 e. The standard InChI is InChI=1S/C16H14ClFO2/c1-9-2-5-15-12(6-9)14(19)8-16(20-15)11-7-10(17)3-4-13(11)18/h2-7,14,16,19H,8H2,1H3/t14-,16?/m1/s1. The van der Waals surface area contributed by atoms with E-state index in [0.717, 1.165) is 11.1 Å². The molecule has 1 unspecified atom stereocenters. The molecule has 2 aromatic rings. The Morgan fingerprint density at radius 3 is 2.80 bits per heavy atom. The number of hydrogen-bond acceptors (Lipinski definition) is 2. The summed E-state index contributed by atoms with van der Waals surface area (Å²) in [6, 6.07) is 9.97. The van der Waals surface area contributed by atoms with Gasteiger partial charge in [0.25, 0.3) is 0 Å². The minimum atomic E-state index is -0.665. The largest absolute Gasteiger partial charge is 0.485 e. The number of benzene rings is 2. The lowest BCUT2D eigenvalue weighted by Gasteiger charge is -2.30. The fraction of sp³-hybridized carbons (Fsp3) is 0.250. The lowest BCUT2D eigenvalue weighted by Crippen LogP contribution is -2.20. The van der Waals surface area contributed by atoms with Crippen LogP contribution >= 0.6 is 11.6 Å². The molecule has 2 atom stereocenters. The van der Waals surface area contributed by atoms with Gasteiger partial charge in [0.15, 0.2) is 0 Å². The first-order chi connectivity index (χ1) is 9.54. The summed E-state index contributed by atoms with van der Waals surface area (Å²) in [6.07, 6.45) is -0.880. The predicted molar refractivity (Wildman–Crippen MR) is 75.5 cm³/mol. The first-order valence-corrected chi connectivity index (χ1v) is 6.82. The number of aliphatic hydroxyl groups excluding tert-OH is 1. The number of ether oxygens (including phenoxy) is 1. The quantitative estimate of drug-likeness (QED) is 0.847. The summed E-state index contributed by atoms with van der Waals surface area (Å²) in [4.78, 5) is 0. The monoisotopic (exact) mass is 292 g/mol. The Morgan fingerprint density at radius 1 is 1.20 bits per heavy atom. The van der Waals surface area contributed by atoms with E-state index in [4.69, 9.17) is 16.3 Å². The van der Waals surface area contributed by atoms with E-state index in [1.54, 1.807) is 6.07 Å². The summed E-state index contributed by atoms with van der Waals surface area (Å²) >= 11 is 5.91. The summed E-state index contributed by atoms with van der Waals surface area (Å²) in [5, 5.41) is 10.7. The molecule has 3 rings (SSSR count). The third-order valence-corrected chi connectivity index (χ3v) is 3.77. The van der Waals surface area contributed by atoms with Crippen LogP contribution in [-0.4, -0.2) is 5.11 Å². The summed E-state index contributed by atoms with van der Waals surface area (Å²) in [5.74, 6) is 0.223. The average molecular weight is 293 g/mol. The van der Waals surface area contributed by atoms with Crippen LogP contribution in [0.1, 0.15) is 35.3 Å². The molecular formula is C16H14ClFO2. The van der Waals surface area contributed by atoms with Gasteiger partial charge in [-0.1, -0.05) is 23.2 Å². The number of rotatable bonds is 1. The third-order valence-electron chi connectivity index (χ3n) is 3.54. The molecule has 0 saturated heterocycles. The Balaban J connectivity index is 1.99. The van der Waals surface area contributed by atoms with E-state index in [1.165, 1.54) is 12.1 Å². The SMILES string of the molecule is Cc1ccc2c(c1)[C@H](O)CC(c1cc(Cl)ccc1F)O2. The van der Waals surface area contributed by atoms with Crippen LogP contribution in [0, 0.1) is 12.7 Å². The van der Waals surface area contributed by atoms with Gasteiger partial charge in [-0.2, -0.15) is 0 Å². The van der Waals surface area contributed by atoms with Gasteiger partial charge in [0.1, 0.15) is 17.7 Å². The van der Waals surface area contributed by atoms with Crippen LogP contribution in [0.15, 0.2) is 36.4 Å². The van der Waals surface area contributed by atoms with Crippen LogP contribution < -0.4 is 4.74 Å². The van der Waals surface area contributed by atoms with Gasteiger partial charge < -0.3 is 9.84 Å². The molecule has 0 aromatic heterocycles. The van der Waals surface area contributed by atoms with Crippen molar-refractivity contribution in [3.05, 3.63) is 63.9 Å². The zero-order chi connectivity index (χ0) is 14.3. The van der Waals surface area contributed by atoms with Crippen molar-refractivity contribution >= 4 is 11.6 Å². The van der Waals surface area contributed by atoms with Gasteiger partial charge in [-0.05, 0) is 37.3 Å². The zero-order valence-electron chi connectivity index (χ0n) is 10.9. The molecule has 4 heteroatoms. The molecule has 20 heavy (non-hydrogen) atoms. The molecule has 1 aliphatic rings. The Morgan fingerprint density at radius 2 is 2.00 bits per heavy atom. The minimum Gasteiger partial charge on any atom is -0.485 e. The molecule has 0 saturated carbocycles. The van der Waals surface area contributed by atoms with Crippen molar-refractivity contribution in [2.45, 2.75) is 25.6 Å². The van der Waals surface area contributed by atoms with Gasteiger partial charge in [-0.3, -0.25) is 0 Å². The highest BCUT2D eigenvalue weighted by molar-refractivity contribution is 6.30. The maximum absolute atomic E-state index is 13.9. The van der Waals surface area contributed by atoms with Crippen molar-refractivity contribution in [3.8, 4) is 5.75 Å². The van der Waals surface area contributed by atoms with Crippen molar-refractivity contribution in [1.82, 2.24) is 0 Å². The molecule has 2 aromatic carbocycles. The molecule has 0 radical (unpaired) electrons. The Kier molecular flexibility index (Phi) is 3.40. The normalized spacial score (nSPS) is 21.2. The van der Waals surface area contributed by atoms with Gasteiger partial charge in [0.05, 0.1) is 6.10 Å². The molecule has 0 aliphatic carbocycles. The van der Waals surface area contributed by atoms with E-state index < -0.39 is 12.2 Å². The molecule has 1 N–H and O–H groups in total. The molecule has 0 bridgehead atoms. The fourth-order valence-electron chi connectivity index (χ4n) is 2.52. The summed E-state index contributed by atoms with van der Waals surface area (Å²) in [5.41, 5.74) is 2.19. The zero-order valence-corrected chi connectivity index (χ0v) is 11.7. The molecule has 0 fully saturated rings. The van der Waals surface area contributed by atoms with Crippen molar-refractivity contribution in [1.29, 1.82) is 0 Å². The average Bonchev–Trinajstić information content (AvgIpc) is 2.42. The minimum absolute atomic E-state index is 0.313. The lowest BCUT2D eigenvalue weighted by atomic mass is 9.94. The first kappa shape index (κ1) is 13.4. The van der Waals surface area contributed by atoms with E-state index in [2.05, 4.69) is 0 Å². The van der Waals surface area contributed by atoms with Crippen LogP contribution in [0.3, 0.4) is 0 Å². The molecule has 104 valence electrons. The van der Waals surface area contributed by atoms with E-state index in [0.29, 0.717) is 22.8 Å². The van der Waals surface area contributed by atoms with Gasteiger partial charge >= 0.3 is 0 Å². The van der Waals surface area contributed by atoms with E-state index in [9.17, 15) is 9.50 Å². The van der Waals surface area contributed by atoms with Crippen LogP contribution in [0.4, 0.5) is 4.39 Å². The second kappa shape index (κ2) is 5.08. The highest BCUT2D eigenvalue weighted by atomic mass is 35.5. The number of fused-ring (bicyclic) bond motifs is 1. The molecule has 0 spiro atoms. The van der Waals surface area contributed by atoms with Crippen LogP contribution in [0.2, 0.25) is 5.02 Å².